The maximum atomic E-state index is 5.52. The van der Waals surface area contributed by atoms with Crippen LogP contribution in [0.5, 0.6) is 0 Å². The fourth-order valence-electron chi connectivity index (χ4n) is 1.47. The Labute approximate surface area is 101 Å². The molecule has 0 amide bonds. The highest BCUT2D eigenvalue weighted by molar-refractivity contribution is 4.46. The highest BCUT2D eigenvalue weighted by Crippen LogP contribution is 2.01. The Morgan fingerprint density at radius 1 is 0.750 bits per heavy atom. The first-order valence-corrected chi connectivity index (χ1v) is 6.78. The van der Waals surface area contributed by atoms with E-state index < -0.39 is 0 Å². The molecule has 16 heavy (non-hydrogen) atoms. The van der Waals surface area contributed by atoms with Crippen LogP contribution in [-0.2, 0) is 9.47 Å². The summed E-state index contributed by atoms with van der Waals surface area (Å²) >= 11 is 0. The van der Waals surface area contributed by atoms with Crippen LogP contribution in [0.15, 0.2) is 0 Å². The molecule has 0 aromatic carbocycles. The van der Waals surface area contributed by atoms with E-state index in [-0.39, 0.29) is 0 Å². The average molecular weight is 231 g/mol. The second-order valence-corrected chi connectivity index (χ2v) is 3.97. The third-order valence-electron chi connectivity index (χ3n) is 2.44. The van der Waals surface area contributed by atoms with Crippen molar-refractivity contribution in [2.24, 2.45) is 0 Å². The first-order chi connectivity index (χ1) is 7.91. The number of unbranched alkanes of at least 4 members (excludes halogenated alkanes) is 4. The second-order valence-electron chi connectivity index (χ2n) is 3.97. The Kier molecular flexibility index (Phi) is 14.8. The quantitative estimate of drug-likeness (QED) is 0.494. The van der Waals surface area contributed by atoms with Crippen molar-refractivity contribution in [2.75, 3.05) is 39.5 Å². The summed E-state index contributed by atoms with van der Waals surface area (Å²) in [5, 5.41) is 3.28. The van der Waals surface area contributed by atoms with E-state index in [9.17, 15) is 0 Å². The standard InChI is InChI=1S/C13H29NO2/c1-3-5-6-7-8-11-16-13-10-14-9-12-15-4-2/h14H,3-13H2,1-2H3. The normalized spacial score (nSPS) is 10.9. The van der Waals surface area contributed by atoms with Crippen molar-refractivity contribution < 1.29 is 9.47 Å². The van der Waals surface area contributed by atoms with Gasteiger partial charge in [-0.1, -0.05) is 32.6 Å². The molecule has 98 valence electrons. The summed E-state index contributed by atoms with van der Waals surface area (Å²) in [4.78, 5) is 0. The first-order valence-electron chi connectivity index (χ1n) is 6.78. The molecule has 0 bridgehead atoms. The number of rotatable bonds is 13. The molecule has 0 aliphatic carbocycles. The van der Waals surface area contributed by atoms with Crippen LogP contribution < -0.4 is 5.32 Å². The Hall–Kier alpha value is -0.120. The Bertz CT molecular complexity index is 107. The van der Waals surface area contributed by atoms with Gasteiger partial charge in [0.2, 0.25) is 0 Å². The maximum absolute atomic E-state index is 5.52. The zero-order valence-electron chi connectivity index (χ0n) is 11.1. The molecule has 0 unspecified atom stereocenters. The molecule has 0 rings (SSSR count). The van der Waals surface area contributed by atoms with Crippen molar-refractivity contribution in [2.45, 2.75) is 46.0 Å². The van der Waals surface area contributed by atoms with Gasteiger partial charge in [-0.3, -0.25) is 0 Å². The molecule has 0 atom stereocenters. The van der Waals surface area contributed by atoms with Gasteiger partial charge in [-0.25, -0.2) is 0 Å². The molecule has 3 nitrogen and oxygen atoms in total. The Morgan fingerprint density at radius 2 is 1.44 bits per heavy atom. The van der Waals surface area contributed by atoms with E-state index in [1.165, 1.54) is 32.1 Å². The van der Waals surface area contributed by atoms with Crippen molar-refractivity contribution in [3.63, 3.8) is 0 Å². The van der Waals surface area contributed by atoms with E-state index in [4.69, 9.17) is 9.47 Å². The van der Waals surface area contributed by atoms with Crippen molar-refractivity contribution in [1.82, 2.24) is 5.32 Å². The highest BCUT2D eigenvalue weighted by atomic mass is 16.5. The summed E-state index contributed by atoms with van der Waals surface area (Å²) in [7, 11) is 0. The highest BCUT2D eigenvalue weighted by Gasteiger charge is 1.91. The minimum atomic E-state index is 0.799. The third kappa shape index (κ3) is 13.9. The van der Waals surface area contributed by atoms with Crippen molar-refractivity contribution in [3.05, 3.63) is 0 Å². The van der Waals surface area contributed by atoms with Crippen LogP contribution in [0.4, 0.5) is 0 Å². The zero-order chi connectivity index (χ0) is 11.9. The van der Waals surface area contributed by atoms with Gasteiger partial charge in [-0.05, 0) is 13.3 Å². The number of hydrogen-bond donors (Lipinski definition) is 1. The molecule has 0 heterocycles. The van der Waals surface area contributed by atoms with Gasteiger partial charge in [0.1, 0.15) is 0 Å². The molecule has 0 radical (unpaired) electrons. The van der Waals surface area contributed by atoms with Gasteiger partial charge in [-0.2, -0.15) is 0 Å². The summed E-state index contributed by atoms with van der Waals surface area (Å²) in [6, 6.07) is 0. The predicted molar refractivity (Wildman–Crippen MR) is 68.9 cm³/mol. The Morgan fingerprint density at radius 3 is 2.12 bits per heavy atom. The van der Waals surface area contributed by atoms with Gasteiger partial charge < -0.3 is 14.8 Å². The summed E-state index contributed by atoms with van der Waals surface area (Å²) < 4.78 is 10.7. The minimum absolute atomic E-state index is 0.799. The van der Waals surface area contributed by atoms with E-state index in [0.717, 1.165) is 39.5 Å². The largest absolute Gasteiger partial charge is 0.380 e. The molecule has 1 N–H and O–H groups in total. The number of nitrogens with one attached hydrogen (secondary N) is 1. The predicted octanol–water partition coefficient (Wildman–Crippen LogP) is 2.60. The summed E-state index contributed by atoms with van der Waals surface area (Å²) in [6.07, 6.45) is 6.54. The lowest BCUT2D eigenvalue weighted by molar-refractivity contribution is 0.123. The summed E-state index contributed by atoms with van der Waals surface area (Å²) in [5.74, 6) is 0. The molecule has 0 aliphatic rings. The van der Waals surface area contributed by atoms with Crippen molar-refractivity contribution in [3.8, 4) is 0 Å². The van der Waals surface area contributed by atoms with E-state index >= 15 is 0 Å². The topological polar surface area (TPSA) is 30.5 Å². The molecule has 0 saturated carbocycles. The molecule has 3 heteroatoms. The number of hydrogen-bond acceptors (Lipinski definition) is 3. The fraction of sp³-hybridized carbons (Fsp3) is 1.00. The zero-order valence-corrected chi connectivity index (χ0v) is 11.1. The van der Waals surface area contributed by atoms with Crippen LogP contribution in [0.1, 0.15) is 46.0 Å². The summed E-state index contributed by atoms with van der Waals surface area (Å²) in [5.41, 5.74) is 0. The molecular formula is C13H29NO2. The minimum Gasteiger partial charge on any atom is -0.380 e. The average Bonchev–Trinajstić information content (AvgIpc) is 2.31. The Balaban J connectivity index is 2.83. The van der Waals surface area contributed by atoms with Crippen LogP contribution in [0, 0.1) is 0 Å². The fourth-order valence-corrected chi connectivity index (χ4v) is 1.47. The maximum Gasteiger partial charge on any atom is 0.0590 e. The third-order valence-corrected chi connectivity index (χ3v) is 2.44. The molecular weight excluding hydrogens is 202 g/mol. The molecule has 0 fully saturated rings. The summed E-state index contributed by atoms with van der Waals surface area (Å²) in [6.45, 7) is 9.45. The van der Waals surface area contributed by atoms with Crippen LogP contribution >= 0.6 is 0 Å². The van der Waals surface area contributed by atoms with E-state index in [2.05, 4.69) is 12.2 Å². The van der Waals surface area contributed by atoms with Crippen LogP contribution in [0.2, 0.25) is 0 Å². The molecule has 0 spiro atoms. The van der Waals surface area contributed by atoms with Crippen LogP contribution in [0.3, 0.4) is 0 Å². The van der Waals surface area contributed by atoms with Gasteiger partial charge in [-0.15, -0.1) is 0 Å². The van der Waals surface area contributed by atoms with Gasteiger partial charge in [0.15, 0.2) is 0 Å². The molecule has 0 aromatic heterocycles. The van der Waals surface area contributed by atoms with E-state index in [1.807, 2.05) is 6.92 Å². The van der Waals surface area contributed by atoms with E-state index in [1.54, 1.807) is 0 Å². The van der Waals surface area contributed by atoms with Gasteiger partial charge in [0.05, 0.1) is 13.2 Å². The molecule has 0 aromatic rings. The van der Waals surface area contributed by atoms with Gasteiger partial charge >= 0.3 is 0 Å². The smallest absolute Gasteiger partial charge is 0.0590 e. The first kappa shape index (κ1) is 15.9. The lowest BCUT2D eigenvalue weighted by atomic mass is 10.2. The lowest BCUT2D eigenvalue weighted by Crippen LogP contribution is -2.24. The lowest BCUT2D eigenvalue weighted by Gasteiger charge is -2.06. The van der Waals surface area contributed by atoms with Crippen molar-refractivity contribution >= 4 is 0 Å². The van der Waals surface area contributed by atoms with Crippen LogP contribution in [0.25, 0.3) is 0 Å². The van der Waals surface area contributed by atoms with Gasteiger partial charge in [0, 0.05) is 26.3 Å². The van der Waals surface area contributed by atoms with Crippen LogP contribution in [-0.4, -0.2) is 39.5 Å². The molecule has 0 saturated heterocycles. The van der Waals surface area contributed by atoms with E-state index in [0.29, 0.717) is 0 Å². The second kappa shape index (κ2) is 14.9. The van der Waals surface area contributed by atoms with Crippen molar-refractivity contribution in [1.29, 1.82) is 0 Å². The SMILES string of the molecule is CCCCCCCOCCNCCOCC. The number of ether oxygens (including phenoxy) is 2. The molecule has 0 aliphatic heterocycles. The van der Waals surface area contributed by atoms with Gasteiger partial charge in [0.25, 0.3) is 0 Å². The monoisotopic (exact) mass is 231 g/mol.